The molecule has 0 aliphatic rings. The summed E-state index contributed by atoms with van der Waals surface area (Å²) in [5, 5.41) is 3.02. The second-order valence-corrected chi connectivity index (χ2v) is 5.73. The molecule has 0 atom stereocenters. The van der Waals surface area contributed by atoms with Gasteiger partial charge in [-0.2, -0.15) is 0 Å². The fourth-order valence-electron chi connectivity index (χ4n) is 2.41. The maximum atomic E-state index is 11.1. The first-order valence-electron chi connectivity index (χ1n) is 7.59. The van der Waals surface area contributed by atoms with Crippen LogP contribution in [-0.2, 0) is 4.79 Å². The van der Waals surface area contributed by atoms with Crippen molar-refractivity contribution in [2.75, 3.05) is 11.1 Å². The summed E-state index contributed by atoms with van der Waals surface area (Å²) in [5.74, 6) is 1.02. The van der Waals surface area contributed by atoms with E-state index in [1.54, 1.807) is 42.6 Å². The van der Waals surface area contributed by atoms with Crippen molar-refractivity contribution in [2.24, 2.45) is 0 Å². The third kappa shape index (κ3) is 3.89. The summed E-state index contributed by atoms with van der Waals surface area (Å²) in [5.41, 5.74) is 8.74. The lowest BCUT2D eigenvalue weighted by atomic mass is 10.0. The number of halogens is 1. The van der Waals surface area contributed by atoms with Crippen molar-refractivity contribution in [3.63, 3.8) is 0 Å². The maximum Gasteiger partial charge on any atom is 0.221 e. The van der Waals surface area contributed by atoms with Crippen LogP contribution >= 0.6 is 11.6 Å². The highest BCUT2D eigenvalue weighted by atomic mass is 35.5. The van der Waals surface area contributed by atoms with Crippen LogP contribution in [0.15, 0.2) is 60.8 Å². The topological polar surface area (TPSA) is 77.2 Å². The van der Waals surface area contributed by atoms with Crippen molar-refractivity contribution in [3.8, 4) is 22.6 Å². The molecule has 3 rings (SSSR count). The van der Waals surface area contributed by atoms with E-state index in [1.165, 1.54) is 6.92 Å². The van der Waals surface area contributed by atoms with E-state index in [9.17, 15) is 4.79 Å². The Labute approximate surface area is 150 Å². The van der Waals surface area contributed by atoms with Crippen molar-refractivity contribution < 1.29 is 9.53 Å². The minimum Gasteiger partial charge on any atom is -0.457 e. The average molecular weight is 354 g/mol. The number of amides is 1. The summed E-state index contributed by atoms with van der Waals surface area (Å²) in [6.45, 7) is 1.46. The minimum absolute atomic E-state index is 0.128. The predicted molar refractivity (Wildman–Crippen MR) is 99.9 cm³/mol. The lowest BCUT2D eigenvalue weighted by molar-refractivity contribution is -0.114. The SMILES string of the molecule is CC(=O)Nc1ccc(Oc2ccnc(Cl)c2-c2ccccc2N)cc1. The number of carbonyl (C=O) groups excluding carboxylic acids is 1. The standard InChI is InChI=1S/C19H16ClN3O2/c1-12(24)23-13-6-8-14(9-7-13)25-17-10-11-22-19(20)18(17)15-4-2-3-5-16(15)21/h2-11H,21H2,1H3,(H,23,24). The van der Waals surface area contributed by atoms with Gasteiger partial charge in [0.15, 0.2) is 0 Å². The molecule has 1 amide bonds. The molecule has 0 aliphatic carbocycles. The van der Waals surface area contributed by atoms with Gasteiger partial charge in [0.25, 0.3) is 0 Å². The summed E-state index contributed by atoms with van der Waals surface area (Å²) < 4.78 is 5.97. The second-order valence-electron chi connectivity index (χ2n) is 5.37. The molecule has 0 saturated heterocycles. The van der Waals surface area contributed by atoms with Crippen LogP contribution in [0.5, 0.6) is 11.5 Å². The van der Waals surface area contributed by atoms with E-state index < -0.39 is 0 Å². The Morgan fingerprint density at radius 1 is 1.12 bits per heavy atom. The van der Waals surface area contributed by atoms with Gasteiger partial charge in [-0.1, -0.05) is 29.8 Å². The third-order valence-electron chi connectivity index (χ3n) is 3.50. The molecule has 0 saturated carbocycles. The smallest absolute Gasteiger partial charge is 0.221 e. The Hall–Kier alpha value is -3.05. The maximum absolute atomic E-state index is 11.1. The number of nitrogens with two attached hydrogens (primary N) is 1. The molecule has 2 aromatic carbocycles. The van der Waals surface area contributed by atoms with Crippen LogP contribution in [0.4, 0.5) is 11.4 Å². The molecule has 0 unspecified atom stereocenters. The van der Waals surface area contributed by atoms with Gasteiger partial charge in [0.1, 0.15) is 16.7 Å². The number of hydrogen-bond donors (Lipinski definition) is 2. The van der Waals surface area contributed by atoms with E-state index in [1.807, 2.05) is 18.2 Å². The van der Waals surface area contributed by atoms with Crippen LogP contribution < -0.4 is 15.8 Å². The van der Waals surface area contributed by atoms with Crippen molar-refractivity contribution >= 4 is 28.9 Å². The van der Waals surface area contributed by atoms with E-state index in [0.717, 1.165) is 5.56 Å². The summed E-state index contributed by atoms with van der Waals surface area (Å²) in [6, 6.07) is 16.2. The Kier molecular flexibility index (Phi) is 4.86. The van der Waals surface area contributed by atoms with Gasteiger partial charge in [-0.25, -0.2) is 4.98 Å². The fourth-order valence-corrected chi connectivity index (χ4v) is 2.66. The molecule has 3 N–H and O–H groups in total. The van der Waals surface area contributed by atoms with Gasteiger partial charge in [-0.05, 0) is 36.4 Å². The Balaban J connectivity index is 1.95. The van der Waals surface area contributed by atoms with Gasteiger partial charge < -0.3 is 15.8 Å². The van der Waals surface area contributed by atoms with Gasteiger partial charge in [-0.15, -0.1) is 0 Å². The Morgan fingerprint density at radius 3 is 2.52 bits per heavy atom. The zero-order chi connectivity index (χ0) is 17.8. The molecule has 5 nitrogen and oxygen atoms in total. The van der Waals surface area contributed by atoms with E-state index >= 15 is 0 Å². The summed E-state index contributed by atoms with van der Waals surface area (Å²) >= 11 is 6.29. The first-order chi connectivity index (χ1) is 12.0. The van der Waals surface area contributed by atoms with Crippen molar-refractivity contribution in [2.45, 2.75) is 6.92 Å². The number of aromatic nitrogens is 1. The molecule has 0 fully saturated rings. The zero-order valence-corrected chi connectivity index (χ0v) is 14.2. The first-order valence-corrected chi connectivity index (χ1v) is 7.97. The second kappa shape index (κ2) is 7.23. The van der Waals surface area contributed by atoms with Crippen LogP contribution in [-0.4, -0.2) is 10.9 Å². The first kappa shape index (κ1) is 16.8. The number of anilines is 2. The number of benzene rings is 2. The number of para-hydroxylation sites is 1. The number of pyridine rings is 1. The van der Waals surface area contributed by atoms with Crippen molar-refractivity contribution in [3.05, 3.63) is 65.9 Å². The Bertz CT molecular complexity index is 911. The average Bonchev–Trinajstić information content (AvgIpc) is 2.57. The fraction of sp³-hybridized carbons (Fsp3) is 0.0526. The van der Waals surface area contributed by atoms with E-state index in [0.29, 0.717) is 33.6 Å². The zero-order valence-electron chi connectivity index (χ0n) is 13.5. The monoisotopic (exact) mass is 353 g/mol. The van der Waals surface area contributed by atoms with Gasteiger partial charge in [0.05, 0.1) is 5.56 Å². The largest absolute Gasteiger partial charge is 0.457 e. The molecule has 1 aromatic heterocycles. The van der Waals surface area contributed by atoms with Gasteiger partial charge in [0, 0.05) is 30.1 Å². The molecule has 0 aliphatic heterocycles. The molecule has 0 radical (unpaired) electrons. The lowest BCUT2D eigenvalue weighted by Gasteiger charge is -2.14. The molecule has 25 heavy (non-hydrogen) atoms. The number of carbonyl (C=O) groups is 1. The normalized spacial score (nSPS) is 10.3. The van der Waals surface area contributed by atoms with Crippen LogP contribution in [0.25, 0.3) is 11.1 Å². The molecule has 0 bridgehead atoms. The van der Waals surface area contributed by atoms with Crippen LogP contribution in [0.3, 0.4) is 0 Å². The Morgan fingerprint density at radius 2 is 1.84 bits per heavy atom. The predicted octanol–water partition coefficient (Wildman–Crippen LogP) is 4.73. The number of nitrogen functional groups attached to an aromatic ring is 1. The lowest BCUT2D eigenvalue weighted by Crippen LogP contribution is -2.05. The van der Waals surface area contributed by atoms with Gasteiger partial charge in [0.2, 0.25) is 5.91 Å². The molecular formula is C19H16ClN3O2. The molecule has 1 heterocycles. The molecule has 6 heteroatoms. The number of ether oxygens (including phenoxy) is 1. The van der Waals surface area contributed by atoms with Crippen LogP contribution in [0, 0.1) is 0 Å². The molecule has 126 valence electrons. The summed E-state index contributed by atoms with van der Waals surface area (Å²) in [4.78, 5) is 15.2. The molecule has 3 aromatic rings. The minimum atomic E-state index is -0.128. The van der Waals surface area contributed by atoms with Crippen LogP contribution in [0.1, 0.15) is 6.92 Å². The van der Waals surface area contributed by atoms with Crippen LogP contribution in [0.2, 0.25) is 5.15 Å². The third-order valence-corrected chi connectivity index (χ3v) is 3.79. The summed E-state index contributed by atoms with van der Waals surface area (Å²) in [6.07, 6.45) is 1.58. The van der Waals surface area contributed by atoms with Gasteiger partial charge >= 0.3 is 0 Å². The number of nitrogens with one attached hydrogen (secondary N) is 1. The highest BCUT2D eigenvalue weighted by Crippen LogP contribution is 2.40. The molecule has 0 spiro atoms. The van der Waals surface area contributed by atoms with E-state index in [2.05, 4.69) is 10.3 Å². The van der Waals surface area contributed by atoms with Crippen molar-refractivity contribution in [1.82, 2.24) is 4.98 Å². The van der Waals surface area contributed by atoms with E-state index in [-0.39, 0.29) is 5.91 Å². The van der Waals surface area contributed by atoms with Gasteiger partial charge in [-0.3, -0.25) is 4.79 Å². The number of nitrogens with zero attached hydrogens (tertiary/aromatic N) is 1. The quantitative estimate of drug-likeness (QED) is 0.525. The van der Waals surface area contributed by atoms with Crippen molar-refractivity contribution in [1.29, 1.82) is 0 Å². The molecular weight excluding hydrogens is 338 g/mol. The number of hydrogen-bond acceptors (Lipinski definition) is 4. The highest BCUT2D eigenvalue weighted by molar-refractivity contribution is 6.32. The summed E-state index contributed by atoms with van der Waals surface area (Å²) in [7, 11) is 0. The number of rotatable bonds is 4. The highest BCUT2D eigenvalue weighted by Gasteiger charge is 2.15. The van der Waals surface area contributed by atoms with E-state index in [4.69, 9.17) is 22.1 Å².